The van der Waals surface area contributed by atoms with Gasteiger partial charge in [0.15, 0.2) is 6.10 Å². The van der Waals surface area contributed by atoms with Crippen LogP contribution in [0.3, 0.4) is 0 Å². The highest BCUT2D eigenvalue weighted by atomic mass is 16.6. The van der Waals surface area contributed by atoms with Crippen LogP contribution in [0.15, 0.2) is 60.8 Å². The van der Waals surface area contributed by atoms with E-state index >= 15 is 0 Å². The first-order valence-electron chi connectivity index (χ1n) is 27.8. The van der Waals surface area contributed by atoms with Gasteiger partial charge in [0.1, 0.15) is 13.2 Å². The molecule has 65 heavy (non-hydrogen) atoms. The van der Waals surface area contributed by atoms with E-state index in [1.165, 1.54) is 161 Å². The van der Waals surface area contributed by atoms with E-state index in [4.69, 9.17) is 14.2 Å². The molecule has 0 amide bonds. The largest absolute Gasteiger partial charge is 0.462 e. The van der Waals surface area contributed by atoms with Gasteiger partial charge in [0, 0.05) is 19.3 Å². The lowest BCUT2D eigenvalue weighted by Gasteiger charge is -2.18. The Morgan fingerprint density at radius 2 is 0.569 bits per heavy atom. The number of carbonyl (C=O) groups is 3. The molecule has 0 aliphatic rings. The standard InChI is InChI=1S/C59H104O6/c1-4-7-10-13-16-19-22-25-27-29-31-34-37-40-43-46-49-52-58(61)64-55-56(54-63-57(60)51-48-45-42-39-36-33-24-21-18-15-12-9-6-3)65-59(62)53-50-47-44-41-38-35-32-30-28-26-23-20-17-14-11-8-5-2/h17,20,25-28,31,34,40,43,56H,4-16,18-19,21-24,29-30,32-33,35-39,41-42,44-55H2,1-3H3/b20-17-,27-25-,28-26-,34-31-,43-40-. The minimum Gasteiger partial charge on any atom is -0.462 e. The summed E-state index contributed by atoms with van der Waals surface area (Å²) in [5.41, 5.74) is 0. The molecule has 0 aromatic rings. The van der Waals surface area contributed by atoms with Crippen molar-refractivity contribution in [3.05, 3.63) is 60.8 Å². The van der Waals surface area contributed by atoms with Crippen molar-refractivity contribution in [2.45, 2.75) is 284 Å². The van der Waals surface area contributed by atoms with Gasteiger partial charge in [0.2, 0.25) is 0 Å². The monoisotopic (exact) mass is 909 g/mol. The highest BCUT2D eigenvalue weighted by molar-refractivity contribution is 5.71. The van der Waals surface area contributed by atoms with Gasteiger partial charge >= 0.3 is 17.9 Å². The third kappa shape index (κ3) is 51.9. The van der Waals surface area contributed by atoms with E-state index in [-0.39, 0.29) is 37.5 Å². The molecule has 0 saturated heterocycles. The van der Waals surface area contributed by atoms with Gasteiger partial charge in [-0.3, -0.25) is 14.4 Å². The minimum absolute atomic E-state index is 0.0909. The second-order valence-corrected chi connectivity index (χ2v) is 18.5. The maximum atomic E-state index is 12.8. The maximum Gasteiger partial charge on any atom is 0.306 e. The van der Waals surface area contributed by atoms with Crippen LogP contribution in [0.25, 0.3) is 0 Å². The molecule has 0 rings (SSSR count). The molecule has 0 aromatic heterocycles. The Morgan fingerprint density at radius 3 is 0.954 bits per heavy atom. The van der Waals surface area contributed by atoms with Gasteiger partial charge in [-0.2, -0.15) is 0 Å². The van der Waals surface area contributed by atoms with Crippen LogP contribution < -0.4 is 0 Å². The average Bonchev–Trinajstić information content (AvgIpc) is 3.30. The van der Waals surface area contributed by atoms with Crippen LogP contribution in [0.1, 0.15) is 278 Å². The molecule has 6 heteroatoms. The Hall–Kier alpha value is -2.89. The van der Waals surface area contributed by atoms with Crippen LogP contribution in [0.5, 0.6) is 0 Å². The van der Waals surface area contributed by atoms with E-state index in [9.17, 15) is 14.4 Å². The van der Waals surface area contributed by atoms with Crippen molar-refractivity contribution < 1.29 is 28.6 Å². The fraction of sp³-hybridized carbons (Fsp3) is 0.780. The van der Waals surface area contributed by atoms with E-state index in [2.05, 4.69) is 81.5 Å². The summed E-state index contributed by atoms with van der Waals surface area (Å²) in [4.78, 5) is 38.1. The zero-order valence-corrected chi connectivity index (χ0v) is 43.0. The van der Waals surface area contributed by atoms with E-state index in [0.29, 0.717) is 19.3 Å². The summed E-state index contributed by atoms with van der Waals surface area (Å²) in [6, 6.07) is 0. The third-order valence-electron chi connectivity index (χ3n) is 12.0. The van der Waals surface area contributed by atoms with Crippen molar-refractivity contribution in [3.63, 3.8) is 0 Å². The molecule has 0 spiro atoms. The Kier molecular flexibility index (Phi) is 51.3. The summed E-state index contributed by atoms with van der Waals surface area (Å²) >= 11 is 0. The summed E-state index contributed by atoms with van der Waals surface area (Å²) < 4.78 is 16.8. The van der Waals surface area contributed by atoms with Crippen molar-refractivity contribution in [1.29, 1.82) is 0 Å². The van der Waals surface area contributed by atoms with Crippen molar-refractivity contribution in [3.8, 4) is 0 Å². The second-order valence-electron chi connectivity index (χ2n) is 18.5. The number of unbranched alkanes of at least 4 members (excludes halogenated alkanes) is 29. The van der Waals surface area contributed by atoms with Crippen LogP contribution in [0.2, 0.25) is 0 Å². The van der Waals surface area contributed by atoms with E-state index in [1.807, 2.05) is 0 Å². The fourth-order valence-corrected chi connectivity index (χ4v) is 7.78. The zero-order chi connectivity index (χ0) is 47.2. The number of rotatable bonds is 50. The van der Waals surface area contributed by atoms with Gasteiger partial charge in [-0.25, -0.2) is 0 Å². The molecule has 0 saturated carbocycles. The zero-order valence-electron chi connectivity index (χ0n) is 43.0. The SMILES string of the molecule is CCCCC/C=C\C/C=C\CCCCCCCCCC(=O)OC(COC(=O)CCC/C=C\C/C=C\C/C=C\CCCCCCCC)COC(=O)CCCCCCCCCCCCCCC. The van der Waals surface area contributed by atoms with Crippen molar-refractivity contribution in [2.24, 2.45) is 0 Å². The Labute approximate surface area is 402 Å². The van der Waals surface area contributed by atoms with Gasteiger partial charge in [0.25, 0.3) is 0 Å². The molecule has 0 aromatic carbocycles. The van der Waals surface area contributed by atoms with Crippen molar-refractivity contribution in [1.82, 2.24) is 0 Å². The molecular weight excluding hydrogens is 805 g/mol. The Morgan fingerprint density at radius 1 is 0.308 bits per heavy atom. The highest BCUT2D eigenvalue weighted by Gasteiger charge is 2.19. The molecule has 0 radical (unpaired) electrons. The molecule has 0 aliphatic carbocycles. The number of ether oxygens (including phenoxy) is 3. The minimum atomic E-state index is -0.796. The lowest BCUT2D eigenvalue weighted by molar-refractivity contribution is -0.167. The van der Waals surface area contributed by atoms with Gasteiger partial charge in [-0.05, 0) is 83.5 Å². The lowest BCUT2D eigenvalue weighted by atomic mass is 10.0. The van der Waals surface area contributed by atoms with Gasteiger partial charge in [-0.1, -0.05) is 236 Å². The van der Waals surface area contributed by atoms with Crippen molar-refractivity contribution >= 4 is 17.9 Å². The maximum absolute atomic E-state index is 12.8. The van der Waals surface area contributed by atoms with Crippen LogP contribution in [0, 0.1) is 0 Å². The quantitative estimate of drug-likeness (QED) is 0.0262. The summed E-state index contributed by atoms with van der Waals surface area (Å²) in [6.45, 7) is 6.57. The molecule has 1 unspecified atom stereocenters. The van der Waals surface area contributed by atoms with Crippen LogP contribution in [0.4, 0.5) is 0 Å². The Bertz CT molecular complexity index is 1180. The number of hydrogen-bond acceptors (Lipinski definition) is 6. The van der Waals surface area contributed by atoms with E-state index < -0.39 is 6.10 Å². The predicted octanol–water partition coefficient (Wildman–Crippen LogP) is 18.4. The molecule has 0 fully saturated rings. The molecular formula is C59H104O6. The summed E-state index contributed by atoms with van der Waals surface area (Å²) in [7, 11) is 0. The first-order valence-corrected chi connectivity index (χ1v) is 27.8. The van der Waals surface area contributed by atoms with Gasteiger partial charge < -0.3 is 14.2 Å². The van der Waals surface area contributed by atoms with E-state index in [1.54, 1.807) is 0 Å². The first-order chi connectivity index (χ1) is 32.0. The predicted molar refractivity (Wildman–Crippen MR) is 279 cm³/mol. The summed E-state index contributed by atoms with van der Waals surface area (Å²) in [5.74, 6) is -0.945. The van der Waals surface area contributed by atoms with Crippen LogP contribution in [-0.2, 0) is 28.6 Å². The average molecular weight is 909 g/mol. The van der Waals surface area contributed by atoms with Crippen molar-refractivity contribution in [2.75, 3.05) is 13.2 Å². The molecule has 0 aliphatic heterocycles. The van der Waals surface area contributed by atoms with E-state index in [0.717, 1.165) is 70.6 Å². The number of allylic oxidation sites excluding steroid dienone is 10. The Balaban J connectivity index is 4.45. The van der Waals surface area contributed by atoms with Crippen LogP contribution >= 0.6 is 0 Å². The number of carbonyl (C=O) groups excluding carboxylic acids is 3. The fourth-order valence-electron chi connectivity index (χ4n) is 7.78. The first kappa shape index (κ1) is 62.1. The molecule has 0 N–H and O–H groups in total. The summed E-state index contributed by atoms with van der Waals surface area (Å²) in [5, 5.41) is 0. The summed E-state index contributed by atoms with van der Waals surface area (Å²) in [6.07, 6.45) is 66.4. The normalized spacial score (nSPS) is 12.5. The third-order valence-corrected chi connectivity index (χ3v) is 12.0. The molecule has 0 bridgehead atoms. The van der Waals surface area contributed by atoms with Crippen LogP contribution in [-0.4, -0.2) is 37.2 Å². The lowest BCUT2D eigenvalue weighted by Crippen LogP contribution is -2.30. The second kappa shape index (κ2) is 53.7. The molecule has 0 heterocycles. The number of esters is 3. The molecule has 6 nitrogen and oxygen atoms in total. The topological polar surface area (TPSA) is 78.9 Å². The van der Waals surface area contributed by atoms with Gasteiger partial charge in [0.05, 0.1) is 0 Å². The number of hydrogen-bond donors (Lipinski definition) is 0. The molecule has 376 valence electrons. The smallest absolute Gasteiger partial charge is 0.306 e. The highest BCUT2D eigenvalue weighted by Crippen LogP contribution is 2.15. The van der Waals surface area contributed by atoms with Gasteiger partial charge in [-0.15, -0.1) is 0 Å². The molecule has 1 atom stereocenters.